The molecule has 3 aromatic rings. The van der Waals surface area contributed by atoms with Crippen LogP contribution in [0.4, 0.5) is 10.9 Å². The highest BCUT2D eigenvalue weighted by atomic mass is 32.1. The first-order valence-corrected chi connectivity index (χ1v) is 10.5. The average molecular weight is 394 g/mol. The van der Waals surface area contributed by atoms with E-state index in [9.17, 15) is 0 Å². The van der Waals surface area contributed by atoms with Crippen molar-refractivity contribution in [1.29, 1.82) is 5.26 Å². The van der Waals surface area contributed by atoms with Gasteiger partial charge in [0.25, 0.3) is 0 Å². The number of likely N-dealkylation sites (tertiary alicyclic amines) is 1. The van der Waals surface area contributed by atoms with Crippen LogP contribution in [0.25, 0.3) is 0 Å². The molecule has 7 heteroatoms. The average Bonchev–Trinajstić information content (AvgIpc) is 3.44. The number of anilines is 2. The Morgan fingerprint density at radius 2 is 2.25 bits per heavy atom. The van der Waals surface area contributed by atoms with Crippen LogP contribution in [0.5, 0.6) is 0 Å². The lowest BCUT2D eigenvalue weighted by Crippen LogP contribution is -2.22. The molecule has 1 fully saturated rings. The fourth-order valence-electron chi connectivity index (χ4n) is 3.61. The van der Waals surface area contributed by atoms with Crippen LogP contribution in [0.1, 0.15) is 55.0 Å². The summed E-state index contributed by atoms with van der Waals surface area (Å²) in [4.78, 5) is 11.5. The maximum Gasteiger partial charge on any atom is 0.188 e. The highest BCUT2D eigenvalue weighted by molar-refractivity contribution is 7.13. The molecule has 6 nitrogen and oxygen atoms in total. The zero-order chi connectivity index (χ0) is 19.3. The Morgan fingerprint density at radius 1 is 1.36 bits per heavy atom. The molecule has 0 amide bonds. The van der Waals surface area contributed by atoms with Crippen LogP contribution in [0.15, 0.2) is 40.3 Å². The number of pyridine rings is 1. The SMILES string of the molecule is CCCc1ccc(CN2CCCC2c2csc(Nc3cc(C#N)ccn3)n2)o1. The van der Waals surface area contributed by atoms with Crippen LogP contribution < -0.4 is 5.32 Å². The van der Waals surface area contributed by atoms with Crippen LogP contribution in [-0.2, 0) is 13.0 Å². The fraction of sp³-hybridized carbons (Fsp3) is 0.381. The Hall–Kier alpha value is -2.69. The maximum absolute atomic E-state index is 9.03. The molecule has 1 aliphatic rings. The molecule has 3 aromatic heterocycles. The molecule has 144 valence electrons. The number of nitrogens with one attached hydrogen (secondary N) is 1. The summed E-state index contributed by atoms with van der Waals surface area (Å²) in [5.74, 6) is 2.74. The molecule has 4 heterocycles. The third-order valence-electron chi connectivity index (χ3n) is 4.92. The quantitative estimate of drug-likeness (QED) is 0.606. The number of thiazole rings is 1. The van der Waals surface area contributed by atoms with Crippen LogP contribution in [0, 0.1) is 11.3 Å². The number of nitrogens with zero attached hydrogens (tertiary/aromatic N) is 4. The minimum absolute atomic E-state index is 0.310. The van der Waals surface area contributed by atoms with Gasteiger partial charge >= 0.3 is 0 Å². The number of rotatable bonds is 7. The number of nitriles is 1. The molecule has 4 rings (SSSR count). The van der Waals surface area contributed by atoms with Gasteiger partial charge in [-0.05, 0) is 50.1 Å². The van der Waals surface area contributed by atoms with Crippen molar-refractivity contribution >= 4 is 22.3 Å². The Kier molecular flexibility index (Phi) is 5.70. The van der Waals surface area contributed by atoms with E-state index in [1.54, 1.807) is 29.7 Å². The van der Waals surface area contributed by atoms with Crippen molar-refractivity contribution in [2.24, 2.45) is 0 Å². The first kappa shape index (κ1) is 18.7. The van der Waals surface area contributed by atoms with Gasteiger partial charge in [-0.1, -0.05) is 6.92 Å². The summed E-state index contributed by atoms with van der Waals surface area (Å²) in [6.07, 6.45) is 5.99. The summed E-state index contributed by atoms with van der Waals surface area (Å²) in [6, 6.07) is 10.1. The number of hydrogen-bond acceptors (Lipinski definition) is 7. The molecule has 0 radical (unpaired) electrons. The van der Waals surface area contributed by atoms with Gasteiger partial charge in [0.2, 0.25) is 0 Å². The molecule has 0 bridgehead atoms. The van der Waals surface area contributed by atoms with Crippen LogP contribution in [0.2, 0.25) is 0 Å². The predicted molar refractivity (Wildman–Crippen MR) is 109 cm³/mol. The first-order valence-electron chi connectivity index (χ1n) is 9.65. The van der Waals surface area contributed by atoms with Crippen molar-refractivity contribution in [3.8, 4) is 6.07 Å². The van der Waals surface area contributed by atoms with Crippen molar-refractivity contribution in [2.75, 3.05) is 11.9 Å². The summed E-state index contributed by atoms with van der Waals surface area (Å²) in [7, 11) is 0. The molecular weight excluding hydrogens is 370 g/mol. The van der Waals surface area contributed by atoms with Gasteiger partial charge < -0.3 is 9.73 Å². The summed E-state index contributed by atoms with van der Waals surface area (Å²) in [5.41, 5.74) is 1.67. The largest absolute Gasteiger partial charge is 0.465 e. The molecule has 0 aromatic carbocycles. The molecule has 0 spiro atoms. The molecule has 1 aliphatic heterocycles. The van der Waals surface area contributed by atoms with E-state index in [-0.39, 0.29) is 0 Å². The van der Waals surface area contributed by atoms with E-state index in [1.807, 2.05) is 0 Å². The third kappa shape index (κ3) is 4.24. The van der Waals surface area contributed by atoms with Gasteiger partial charge in [0.05, 0.1) is 29.9 Å². The van der Waals surface area contributed by atoms with E-state index in [4.69, 9.17) is 14.7 Å². The third-order valence-corrected chi connectivity index (χ3v) is 5.70. The standard InChI is InChI=1S/C21H23N5OS/c1-2-4-16-6-7-17(27-16)13-26-10-3-5-19(26)18-14-28-21(24-18)25-20-11-15(12-22)8-9-23-20/h6-9,11,14,19H,2-5,10,13H2,1H3,(H,23,24,25). The highest BCUT2D eigenvalue weighted by Gasteiger charge is 2.28. The second-order valence-electron chi connectivity index (χ2n) is 6.99. The topological polar surface area (TPSA) is 78.0 Å². The Bertz CT molecular complexity index is 973. The molecule has 28 heavy (non-hydrogen) atoms. The van der Waals surface area contributed by atoms with Gasteiger partial charge in [-0.25, -0.2) is 9.97 Å². The molecule has 1 N–H and O–H groups in total. The number of hydrogen-bond donors (Lipinski definition) is 1. The van der Waals surface area contributed by atoms with Crippen molar-refractivity contribution in [3.05, 3.63) is 58.6 Å². The van der Waals surface area contributed by atoms with Gasteiger partial charge in [0.15, 0.2) is 5.13 Å². The molecule has 1 atom stereocenters. The molecule has 1 saturated heterocycles. The Morgan fingerprint density at radius 3 is 3.11 bits per heavy atom. The van der Waals surface area contributed by atoms with E-state index >= 15 is 0 Å². The fourth-order valence-corrected chi connectivity index (χ4v) is 4.38. The van der Waals surface area contributed by atoms with Gasteiger partial charge in [0, 0.05) is 18.0 Å². The smallest absolute Gasteiger partial charge is 0.188 e. The van der Waals surface area contributed by atoms with E-state index in [0.29, 0.717) is 17.4 Å². The van der Waals surface area contributed by atoms with Crippen LogP contribution in [-0.4, -0.2) is 21.4 Å². The number of aromatic nitrogens is 2. The van der Waals surface area contributed by atoms with Crippen LogP contribution in [0.3, 0.4) is 0 Å². The summed E-state index contributed by atoms with van der Waals surface area (Å²) in [6.45, 7) is 4.04. The molecular formula is C21H23N5OS. The van der Waals surface area contributed by atoms with Crippen molar-refractivity contribution in [1.82, 2.24) is 14.9 Å². The second kappa shape index (κ2) is 8.55. The lowest BCUT2D eigenvalue weighted by Gasteiger charge is -2.21. The summed E-state index contributed by atoms with van der Waals surface area (Å²) in [5, 5.41) is 15.2. The number of furan rings is 1. The van der Waals surface area contributed by atoms with E-state index in [0.717, 1.165) is 54.7 Å². The number of aryl methyl sites for hydroxylation is 1. The minimum Gasteiger partial charge on any atom is -0.465 e. The zero-order valence-electron chi connectivity index (χ0n) is 15.9. The predicted octanol–water partition coefficient (Wildman–Crippen LogP) is 5.04. The zero-order valence-corrected chi connectivity index (χ0v) is 16.7. The summed E-state index contributed by atoms with van der Waals surface area (Å²) >= 11 is 1.57. The monoisotopic (exact) mass is 393 g/mol. The molecule has 0 aliphatic carbocycles. The molecule has 1 unspecified atom stereocenters. The Balaban J connectivity index is 1.43. The second-order valence-corrected chi connectivity index (χ2v) is 7.85. The van der Waals surface area contributed by atoms with Gasteiger partial charge in [0.1, 0.15) is 17.3 Å². The lowest BCUT2D eigenvalue weighted by atomic mass is 10.1. The highest BCUT2D eigenvalue weighted by Crippen LogP contribution is 2.35. The lowest BCUT2D eigenvalue weighted by molar-refractivity contribution is 0.223. The van der Waals surface area contributed by atoms with Gasteiger partial charge in [-0.2, -0.15) is 5.26 Å². The van der Waals surface area contributed by atoms with Crippen molar-refractivity contribution in [2.45, 2.75) is 45.2 Å². The minimum atomic E-state index is 0.310. The van der Waals surface area contributed by atoms with E-state index < -0.39 is 0 Å². The van der Waals surface area contributed by atoms with Gasteiger partial charge in [-0.15, -0.1) is 11.3 Å². The van der Waals surface area contributed by atoms with Crippen LogP contribution >= 0.6 is 11.3 Å². The van der Waals surface area contributed by atoms with Gasteiger partial charge in [-0.3, -0.25) is 4.90 Å². The first-order chi connectivity index (χ1) is 13.7. The Labute approximate surface area is 168 Å². The van der Waals surface area contributed by atoms with Crippen molar-refractivity contribution < 1.29 is 4.42 Å². The molecule has 0 saturated carbocycles. The van der Waals surface area contributed by atoms with E-state index in [1.165, 1.54) is 6.42 Å². The van der Waals surface area contributed by atoms with E-state index in [2.05, 4.69) is 45.7 Å². The summed E-state index contributed by atoms with van der Waals surface area (Å²) < 4.78 is 5.97. The van der Waals surface area contributed by atoms with Crippen molar-refractivity contribution in [3.63, 3.8) is 0 Å². The maximum atomic E-state index is 9.03. The normalized spacial score (nSPS) is 16.9.